The predicted octanol–water partition coefficient (Wildman–Crippen LogP) is 0.861. The number of nitro groups is 1. The molecule has 0 bridgehead atoms. The average Bonchev–Trinajstić information content (AvgIpc) is 2.45. The molecule has 21 heavy (non-hydrogen) atoms. The molecule has 1 aromatic carbocycles. The van der Waals surface area contributed by atoms with Crippen molar-refractivity contribution in [1.82, 2.24) is 9.80 Å². The fourth-order valence-corrected chi connectivity index (χ4v) is 2.56. The molecule has 7 nitrogen and oxygen atoms in total. The Bertz CT molecular complexity index is 498. The second kappa shape index (κ2) is 6.73. The van der Waals surface area contributed by atoms with Crippen molar-refractivity contribution >= 4 is 17.1 Å². The summed E-state index contributed by atoms with van der Waals surface area (Å²) in [6.45, 7) is 5.47. The molecule has 1 saturated heterocycles. The summed E-state index contributed by atoms with van der Waals surface area (Å²) in [5.41, 5.74) is 6.64. The number of piperazine rings is 1. The van der Waals surface area contributed by atoms with E-state index in [4.69, 9.17) is 5.73 Å². The van der Waals surface area contributed by atoms with Gasteiger partial charge in [0.15, 0.2) is 0 Å². The Morgan fingerprint density at radius 1 is 1.29 bits per heavy atom. The van der Waals surface area contributed by atoms with Crippen LogP contribution >= 0.6 is 0 Å². The molecule has 0 aromatic heterocycles. The van der Waals surface area contributed by atoms with Crippen molar-refractivity contribution < 1.29 is 4.92 Å². The second-order valence-electron chi connectivity index (χ2n) is 5.60. The molecule has 0 atom stereocenters. The number of rotatable bonds is 5. The normalized spacial score (nSPS) is 16.4. The van der Waals surface area contributed by atoms with Gasteiger partial charge in [0.05, 0.1) is 4.92 Å². The van der Waals surface area contributed by atoms with Gasteiger partial charge >= 0.3 is 5.69 Å². The first-order chi connectivity index (χ1) is 9.99. The molecule has 1 aliphatic heterocycles. The standard InChI is InChI=1S/C14H23N5O2/c1-16(2)6-7-17-8-10-18(11-9-17)13-5-3-4-12(15)14(13)19(20)21/h3-5H,6-11,15H2,1-2H3. The smallest absolute Gasteiger partial charge is 0.315 e. The van der Waals surface area contributed by atoms with Crippen LogP contribution in [0.4, 0.5) is 17.1 Å². The minimum absolute atomic E-state index is 0.0271. The van der Waals surface area contributed by atoms with Crippen LogP contribution in [0.25, 0.3) is 0 Å². The van der Waals surface area contributed by atoms with E-state index in [1.54, 1.807) is 18.2 Å². The lowest BCUT2D eigenvalue weighted by Gasteiger charge is -2.36. The van der Waals surface area contributed by atoms with Crippen molar-refractivity contribution in [2.75, 3.05) is 64.0 Å². The van der Waals surface area contributed by atoms with Gasteiger partial charge in [-0.3, -0.25) is 15.0 Å². The maximum absolute atomic E-state index is 11.2. The minimum Gasteiger partial charge on any atom is -0.393 e. The topological polar surface area (TPSA) is 78.9 Å². The van der Waals surface area contributed by atoms with E-state index in [1.807, 2.05) is 0 Å². The van der Waals surface area contributed by atoms with E-state index in [0.29, 0.717) is 5.69 Å². The lowest BCUT2D eigenvalue weighted by molar-refractivity contribution is -0.383. The zero-order valence-corrected chi connectivity index (χ0v) is 12.7. The predicted molar refractivity (Wildman–Crippen MR) is 84.7 cm³/mol. The first kappa shape index (κ1) is 15.5. The fraction of sp³-hybridized carbons (Fsp3) is 0.571. The quantitative estimate of drug-likeness (QED) is 0.493. The van der Waals surface area contributed by atoms with Crippen molar-refractivity contribution in [3.05, 3.63) is 28.3 Å². The van der Waals surface area contributed by atoms with Gasteiger partial charge < -0.3 is 15.5 Å². The average molecular weight is 293 g/mol. The molecule has 0 spiro atoms. The Hall–Kier alpha value is -1.86. The highest BCUT2D eigenvalue weighted by Gasteiger charge is 2.25. The third-order valence-corrected chi connectivity index (χ3v) is 3.80. The lowest BCUT2D eigenvalue weighted by Crippen LogP contribution is -2.48. The summed E-state index contributed by atoms with van der Waals surface area (Å²) in [4.78, 5) is 17.4. The van der Waals surface area contributed by atoms with Crippen LogP contribution in [0.1, 0.15) is 0 Å². The number of anilines is 2. The summed E-state index contributed by atoms with van der Waals surface area (Å²) >= 11 is 0. The molecule has 0 amide bonds. The number of nitrogens with two attached hydrogens (primary N) is 1. The SMILES string of the molecule is CN(C)CCN1CCN(c2cccc(N)c2[N+](=O)[O-])CC1. The Kier molecular flexibility index (Phi) is 4.98. The molecule has 2 rings (SSSR count). The maximum Gasteiger partial charge on any atom is 0.315 e. The lowest BCUT2D eigenvalue weighted by atomic mass is 10.2. The van der Waals surface area contributed by atoms with E-state index < -0.39 is 0 Å². The number of hydrogen-bond acceptors (Lipinski definition) is 6. The molecule has 0 unspecified atom stereocenters. The van der Waals surface area contributed by atoms with E-state index in [1.165, 1.54) is 0 Å². The van der Waals surface area contributed by atoms with Gasteiger partial charge in [0, 0.05) is 39.3 Å². The largest absolute Gasteiger partial charge is 0.393 e. The van der Waals surface area contributed by atoms with Gasteiger partial charge in [-0.2, -0.15) is 0 Å². The number of hydrogen-bond donors (Lipinski definition) is 1. The Labute approximate surface area is 125 Å². The van der Waals surface area contributed by atoms with Crippen molar-refractivity contribution in [3.8, 4) is 0 Å². The van der Waals surface area contributed by atoms with E-state index in [2.05, 4.69) is 28.8 Å². The minimum atomic E-state index is -0.386. The van der Waals surface area contributed by atoms with E-state index in [0.717, 1.165) is 39.3 Å². The van der Waals surface area contributed by atoms with Crippen LogP contribution < -0.4 is 10.6 Å². The van der Waals surface area contributed by atoms with Gasteiger partial charge in [-0.05, 0) is 26.2 Å². The number of benzene rings is 1. The van der Waals surface area contributed by atoms with Gasteiger partial charge in [0.2, 0.25) is 0 Å². The van der Waals surface area contributed by atoms with Crippen LogP contribution in [0.2, 0.25) is 0 Å². The van der Waals surface area contributed by atoms with Crippen LogP contribution in [-0.4, -0.2) is 68.1 Å². The van der Waals surface area contributed by atoms with Crippen molar-refractivity contribution in [1.29, 1.82) is 0 Å². The molecule has 0 aliphatic carbocycles. The molecule has 0 saturated carbocycles. The van der Waals surface area contributed by atoms with Crippen molar-refractivity contribution in [2.24, 2.45) is 0 Å². The first-order valence-corrected chi connectivity index (χ1v) is 7.14. The maximum atomic E-state index is 11.2. The summed E-state index contributed by atoms with van der Waals surface area (Å²) in [7, 11) is 4.12. The molecular formula is C14H23N5O2. The van der Waals surface area contributed by atoms with E-state index in [-0.39, 0.29) is 16.3 Å². The van der Waals surface area contributed by atoms with Crippen LogP contribution in [0.5, 0.6) is 0 Å². The molecule has 2 N–H and O–H groups in total. The van der Waals surface area contributed by atoms with Gasteiger partial charge in [0.25, 0.3) is 0 Å². The van der Waals surface area contributed by atoms with Crippen molar-refractivity contribution in [2.45, 2.75) is 0 Å². The summed E-state index contributed by atoms with van der Waals surface area (Å²) < 4.78 is 0. The molecule has 1 aliphatic rings. The third-order valence-electron chi connectivity index (χ3n) is 3.80. The summed E-state index contributed by atoms with van der Waals surface area (Å²) in [5, 5.41) is 11.2. The van der Waals surface area contributed by atoms with Gasteiger partial charge in [0.1, 0.15) is 11.4 Å². The number of nitrogens with zero attached hydrogens (tertiary/aromatic N) is 4. The number of para-hydroxylation sites is 1. The van der Waals surface area contributed by atoms with E-state index >= 15 is 0 Å². The fourth-order valence-electron chi connectivity index (χ4n) is 2.56. The molecule has 0 radical (unpaired) electrons. The molecule has 7 heteroatoms. The van der Waals surface area contributed by atoms with Gasteiger partial charge in [-0.1, -0.05) is 6.07 Å². The second-order valence-corrected chi connectivity index (χ2v) is 5.60. The first-order valence-electron chi connectivity index (χ1n) is 7.14. The summed E-state index contributed by atoms with van der Waals surface area (Å²) in [6, 6.07) is 5.13. The Morgan fingerprint density at radius 3 is 2.52 bits per heavy atom. The van der Waals surface area contributed by atoms with Crippen LogP contribution in [0.3, 0.4) is 0 Å². The van der Waals surface area contributed by atoms with Gasteiger partial charge in [-0.15, -0.1) is 0 Å². The zero-order valence-electron chi connectivity index (χ0n) is 12.7. The third kappa shape index (κ3) is 3.83. The van der Waals surface area contributed by atoms with E-state index in [9.17, 15) is 10.1 Å². The van der Waals surface area contributed by atoms with Crippen LogP contribution in [-0.2, 0) is 0 Å². The molecule has 1 aromatic rings. The zero-order chi connectivity index (χ0) is 15.4. The molecule has 116 valence electrons. The Balaban J connectivity index is 2.03. The summed E-state index contributed by atoms with van der Waals surface area (Å²) in [6.07, 6.45) is 0. The van der Waals surface area contributed by atoms with Crippen LogP contribution in [0.15, 0.2) is 18.2 Å². The van der Waals surface area contributed by atoms with Crippen LogP contribution in [0, 0.1) is 10.1 Å². The highest BCUT2D eigenvalue weighted by Crippen LogP contribution is 2.33. The monoisotopic (exact) mass is 293 g/mol. The Morgan fingerprint density at radius 2 is 1.95 bits per heavy atom. The highest BCUT2D eigenvalue weighted by molar-refractivity contribution is 5.75. The van der Waals surface area contributed by atoms with Crippen molar-refractivity contribution in [3.63, 3.8) is 0 Å². The number of nitro benzene ring substituents is 1. The molecule has 1 fully saturated rings. The molecule has 1 heterocycles. The number of nitrogen functional groups attached to an aromatic ring is 1. The summed E-state index contributed by atoms with van der Waals surface area (Å²) in [5.74, 6) is 0. The number of likely N-dealkylation sites (N-methyl/N-ethyl adjacent to an activating group) is 1. The highest BCUT2D eigenvalue weighted by atomic mass is 16.6. The van der Waals surface area contributed by atoms with Gasteiger partial charge in [-0.25, -0.2) is 0 Å². The molecular weight excluding hydrogens is 270 g/mol.